The number of halogens is 1. The van der Waals surface area contributed by atoms with Crippen LogP contribution in [-0.4, -0.2) is 4.98 Å². The number of hydrogen-bond acceptors (Lipinski definition) is 6. The highest BCUT2D eigenvalue weighted by atomic mass is 79.9. The SMILES string of the molecule is Cc1cc(C#N)cc(C)c1Oc1cc(Nc2ccc(C#N)cc2)nc(N)c1Br. The lowest BCUT2D eigenvalue weighted by Gasteiger charge is -2.16. The van der Waals surface area contributed by atoms with E-state index in [-0.39, 0.29) is 5.82 Å². The van der Waals surface area contributed by atoms with Crippen molar-refractivity contribution in [3.8, 4) is 23.6 Å². The zero-order valence-corrected chi connectivity index (χ0v) is 16.8. The smallest absolute Gasteiger partial charge is 0.149 e. The van der Waals surface area contributed by atoms with E-state index < -0.39 is 0 Å². The van der Waals surface area contributed by atoms with E-state index in [0.717, 1.165) is 16.8 Å². The maximum absolute atomic E-state index is 9.11. The minimum atomic E-state index is 0.276. The van der Waals surface area contributed by atoms with E-state index in [1.165, 1.54) is 0 Å². The number of hydrogen-bond donors (Lipinski definition) is 2. The predicted molar refractivity (Wildman–Crippen MR) is 111 cm³/mol. The number of nitrogens with two attached hydrogens (primary N) is 1. The highest BCUT2D eigenvalue weighted by Gasteiger charge is 2.14. The Kier molecular flexibility index (Phi) is 5.49. The summed E-state index contributed by atoms with van der Waals surface area (Å²) in [5.41, 5.74) is 9.65. The molecule has 6 nitrogen and oxygen atoms in total. The van der Waals surface area contributed by atoms with Crippen LogP contribution >= 0.6 is 15.9 Å². The van der Waals surface area contributed by atoms with Gasteiger partial charge in [0.05, 0.1) is 23.3 Å². The summed E-state index contributed by atoms with van der Waals surface area (Å²) in [6.45, 7) is 3.77. The Labute approximate surface area is 171 Å². The number of benzene rings is 2. The van der Waals surface area contributed by atoms with Crippen LogP contribution in [0.1, 0.15) is 22.3 Å². The Hall–Kier alpha value is -3.55. The molecule has 0 saturated heterocycles. The molecule has 3 N–H and O–H groups in total. The highest BCUT2D eigenvalue weighted by Crippen LogP contribution is 2.38. The first-order valence-corrected chi connectivity index (χ1v) is 9.13. The molecule has 0 spiro atoms. The van der Waals surface area contributed by atoms with Crippen molar-refractivity contribution in [1.29, 1.82) is 10.5 Å². The quantitative estimate of drug-likeness (QED) is 0.575. The van der Waals surface area contributed by atoms with E-state index in [0.29, 0.717) is 32.9 Å². The summed E-state index contributed by atoms with van der Waals surface area (Å²) >= 11 is 3.42. The van der Waals surface area contributed by atoms with E-state index in [1.807, 2.05) is 13.8 Å². The number of nitrogen functional groups attached to an aromatic ring is 1. The molecule has 0 atom stereocenters. The average molecular weight is 434 g/mol. The van der Waals surface area contributed by atoms with Crippen molar-refractivity contribution in [1.82, 2.24) is 4.98 Å². The van der Waals surface area contributed by atoms with Gasteiger partial charge in [-0.25, -0.2) is 4.98 Å². The number of pyridine rings is 1. The molecule has 0 fully saturated rings. The van der Waals surface area contributed by atoms with Gasteiger partial charge in [-0.1, -0.05) is 0 Å². The first-order chi connectivity index (χ1) is 13.4. The second-order valence-electron chi connectivity index (χ2n) is 6.17. The van der Waals surface area contributed by atoms with Gasteiger partial charge < -0.3 is 15.8 Å². The van der Waals surface area contributed by atoms with Gasteiger partial charge in [-0.05, 0) is 77.3 Å². The van der Waals surface area contributed by atoms with Crippen LogP contribution in [0.25, 0.3) is 0 Å². The molecule has 0 aliphatic heterocycles. The van der Waals surface area contributed by atoms with Crippen molar-refractivity contribution >= 4 is 33.3 Å². The second kappa shape index (κ2) is 7.99. The third-order valence-electron chi connectivity index (χ3n) is 4.04. The van der Waals surface area contributed by atoms with Crippen LogP contribution in [0.4, 0.5) is 17.3 Å². The number of ether oxygens (including phenoxy) is 1. The molecule has 0 aliphatic rings. The first-order valence-electron chi connectivity index (χ1n) is 8.33. The molecule has 3 rings (SSSR count). The Morgan fingerprint density at radius 1 is 1.00 bits per heavy atom. The number of rotatable bonds is 4. The van der Waals surface area contributed by atoms with Crippen LogP contribution in [-0.2, 0) is 0 Å². The molecule has 2 aromatic carbocycles. The fourth-order valence-electron chi connectivity index (χ4n) is 2.72. The Bertz CT molecular complexity index is 1100. The number of nitrogens with zero attached hydrogens (tertiary/aromatic N) is 3. The summed E-state index contributed by atoms with van der Waals surface area (Å²) in [4.78, 5) is 4.32. The number of aryl methyl sites for hydroxylation is 2. The predicted octanol–water partition coefficient (Wildman–Crippen LogP) is 5.32. The maximum atomic E-state index is 9.11. The first kappa shape index (κ1) is 19.2. The number of aromatic nitrogens is 1. The third-order valence-corrected chi connectivity index (χ3v) is 4.83. The van der Waals surface area contributed by atoms with Gasteiger partial charge in [-0.15, -0.1) is 0 Å². The van der Waals surface area contributed by atoms with Crippen LogP contribution < -0.4 is 15.8 Å². The molecule has 1 heterocycles. The molecule has 0 bridgehead atoms. The minimum Gasteiger partial charge on any atom is -0.455 e. The molecule has 28 heavy (non-hydrogen) atoms. The van der Waals surface area contributed by atoms with Gasteiger partial charge in [0.25, 0.3) is 0 Å². The van der Waals surface area contributed by atoms with Gasteiger partial charge >= 0.3 is 0 Å². The summed E-state index contributed by atoms with van der Waals surface area (Å²) in [5, 5.41) is 21.2. The summed E-state index contributed by atoms with van der Waals surface area (Å²) in [6, 6.07) is 16.5. The van der Waals surface area contributed by atoms with Crippen LogP contribution in [0.15, 0.2) is 46.9 Å². The van der Waals surface area contributed by atoms with Crippen molar-refractivity contribution in [3.63, 3.8) is 0 Å². The van der Waals surface area contributed by atoms with E-state index in [2.05, 4.69) is 38.4 Å². The number of nitrogens with one attached hydrogen (secondary N) is 1. The standard InChI is InChI=1S/C21H16BrN5O/c1-12-7-15(11-24)8-13(2)20(12)28-17-9-18(27-21(25)19(17)22)26-16-5-3-14(10-23)4-6-16/h3-9H,1-2H3,(H3,25,26,27). The van der Waals surface area contributed by atoms with Gasteiger partial charge in [0, 0.05) is 11.8 Å². The van der Waals surface area contributed by atoms with Gasteiger partial charge in [0.1, 0.15) is 27.6 Å². The Balaban J connectivity index is 1.94. The molecule has 3 aromatic rings. The lowest BCUT2D eigenvalue weighted by atomic mass is 10.1. The zero-order valence-electron chi connectivity index (χ0n) is 15.2. The maximum Gasteiger partial charge on any atom is 0.149 e. The average Bonchev–Trinajstić information content (AvgIpc) is 2.68. The van der Waals surface area contributed by atoms with Crippen molar-refractivity contribution in [2.75, 3.05) is 11.1 Å². The molecule has 0 saturated carbocycles. The molecule has 7 heteroatoms. The van der Waals surface area contributed by atoms with Gasteiger partial charge in [-0.3, -0.25) is 0 Å². The molecule has 0 unspecified atom stereocenters. The van der Waals surface area contributed by atoms with Crippen LogP contribution in [0.2, 0.25) is 0 Å². The van der Waals surface area contributed by atoms with Crippen molar-refractivity contribution < 1.29 is 4.74 Å². The molecule has 1 aromatic heterocycles. The largest absolute Gasteiger partial charge is 0.455 e. The van der Waals surface area contributed by atoms with E-state index in [9.17, 15) is 0 Å². The number of anilines is 3. The van der Waals surface area contributed by atoms with E-state index in [1.54, 1.807) is 42.5 Å². The summed E-state index contributed by atoms with van der Waals surface area (Å²) < 4.78 is 6.65. The molecule has 0 radical (unpaired) electrons. The minimum absolute atomic E-state index is 0.276. The molecular formula is C21H16BrN5O. The molecule has 0 amide bonds. The second-order valence-corrected chi connectivity index (χ2v) is 6.97. The fourth-order valence-corrected chi connectivity index (χ4v) is 3.01. The number of nitriles is 2. The normalized spacial score (nSPS) is 10.0. The van der Waals surface area contributed by atoms with E-state index in [4.69, 9.17) is 21.0 Å². The third kappa shape index (κ3) is 4.06. The van der Waals surface area contributed by atoms with Crippen LogP contribution in [0.5, 0.6) is 11.5 Å². The monoisotopic (exact) mass is 433 g/mol. The lowest BCUT2D eigenvalue weighted by Crippen LogP contribution is -2.01. The van der Waals surface area contributed by atoms with Crippen molar-refractivity contribution in [3.05, 3.63) is 69.2 Å². The van der Waals surface area contributed by atoms with Crippen LogP contribution in [0, 0.1) is 36.5 Å². The Morgan fingerprint density at radius 3 is 2.18 bits per heavy atom. The van der Waals surface area contributed by atoms with Gasteiger partial charge in [-0.2, -0.15) is 10.5 Å². The van der Waals surface area contributed by atoms with Crippen LogP contribution in [0.3, 0.4) is 0 Å². The zero-order chi connectivity index (χ0) is 20.3. The fraction of sp³-hybridized carbons (Fsp3) is 0.0952. The topological polar surface area (TPSA) is 108 Å². The van der Waals surface area contributed by atoms with Crippen molar-refractivity contribution in [2.45, 2.75) is 13.8 Å². The van der Waals surface area contributed by atoms with Gasteiger partial charge in [0.2, 0.25) is 0 Å². The highest BCUT2D eigenvalue weighted by molar-refractivity contribution is 9.10. The molecule has 138 valence electrons. The van der Waals surface area contributed by atoms with Gasteiger partial charge in [0.15, 0.2) is 0 Å². The molecular weight excluding hydrogens is 418 g/mol. The summed E-state index contributed by atoms with van der Waals surface area (Å²) in [5.74, 6) is 1.94. The Morgan fingerprint density at radius 2 is 1.61 bits per heavy atom. The van der Waals surface area contributed by atoms with Crippen molar-refractivity contribution in [2.24, 2.45) is 0 Å². The summed E-state index contributed by atoms with van der Waals surface area (Å²) in [6.07, 6.45) is 0. The summed E-state index contributed by atoms with van der Waals surface area (Å²) in [7, 11) is 0. The lowest BCUT2D eigenvalue weighted by molar-refractivity contribution is 0.472. The molecule has 0 aliphatic carbocycles. The van der Waals surface area contributed by atoms with E-state index >= 15 is 0 Å².